The number of rotatable bonds is 3. The molecular weight excluding hydrogens is 212 g/mol. The molecule has 3 nitrogen and oxygen atoms in total. The highest BCUT2D eigenvalue weighted by atomic mass is 16.1. The van der Waals surface area contributed by atoms with E-state index in [4.69, 9.17) is 5.73 Å². The van der Waals surface area contributed by atoms with Crippen molar-refractivity contribution >= 4 is 17.2 Å². The fourth-order valence-electron chi connectivity index (χ4n) is 2.13. The minimum atomic E-state index is 0.00893. The number of hydrogen-bond donors (Lipinski definition) is 2. The Morgan fingerprint density at radius 3 is 2.82 bits per heavy atom. The van der Waals surface area contributed by atoms with Gasteiger partial charge in [0.05, 0.1) is 0 Å². The van der Waals surface area contributed by atoms with Crippen molar-refractivity contribution < 1.29 is 4.79 Å². The van der Waals surface area contributed by atoms with E-state index in [1.54, 1.807) is 6.07 Å². The Balaban J connectivity index is 2.09. The van der Waals surface area contributed by atoms with E-state index in [0.29, 0.717) is 17.3 Å². The fraction of sp³-hybridized carbons (Fsp3) is 0.357. The number of carbonyl (C=O) groups excluding carboxylic acids is 1. The Labute approximate surface area is 102 Å². The minimum absolute atomic E-state index is 0.00893. The summed E-state index contributed by atoms with van der Waals surface area (Å²) in [4.78, 5) is 11.3. The van der Waals surface area contributed by atoms with Crippen LogP contribution in [0.15, 0.2) is 30.4 Å². The molecule has 1 aromatic rings. The number of anilines is 2. The maximum Gasteiger partial charge on any atom is 0.161 e. The maximum atomic E-state index is 11.3. The van der Waals surface area contributed by atoms with Crippen LogP contribution in [0.4, 0.5) is 11.4 Å². The summed E-state index contributed by atoms with van der Waals surface area (Å²) in [5.74, 6) is 0.00893. The van der Waals surface area contributed by atoms with Gasteiger partial charge in [0, 0.05) is 23.0 Å². The lowest BCUT2D eigenvalue weighted by molar-refractivity contribution is 0.101. The molecule has 0 bridgehead atoms. The van der Waals surface area contributed by atoms with Crippen LogP contribution in [0.2, 0.25) is 0 Å². The predicted molar refractivity (Wildman–Crippen MR) is 71.3 cm³/mol. The molecule has 0 amide bonds. The van der Waals surface area contributed by atoms with Gasteiger partial charge in [0.1, 0.15) is 0 Å². The minimum Gasteiger partial charge on any atom is -0.398 e. The summed E-state index contributed by atoms with van der Waals surface area (Å²) in [5.41, 5.74) is 7.99. The van der Waals surface area contributed by atoms with Crippen LogP contribution < -0.4 is 11.1 Å². The van der Waals surface area contributed by atoms with E-state index in [9.17, 15) is 4.79 Å². The summed E-state index contributed by atoms with van der Waals surface area (Å²) in [6.45, 7) is 1.53. The molecule has 0 spiro atoms. The first kappa shape index (κ1) is 11.7. The lowest BCUT2D eigenvalue weighted by Gasteiger charge is -2.21. The normalized spacial score (nSPS) is 19.0. The first-order valence-corrected chi connectivity index (χ1v) is 5.99. The number of Topliss-reactive ketones (excluding diaryl/α,β-unsaturated/α-hetero) is 1. The van der Waals surface area contributed by atoms with Gasteiger partial charge in [-0.1, -0.05) is 12.2 Å². The number of ketones is 1. The van der Waals surface area contributed by atoms with Gasteiger partial charge in [-0.2, -0.15) is 0 Å². The molecule has 1 unspecified atom stereocenters. The first-order chi connectivity index (χ1) is 8.16. The van der Waals surface area contributed by atoms with Gasteiger partial charge in [0.15, 0.2) is 5.78 Å². The molecule has 3 N–H and O–H groups in total. The van der Waals surface area contributed by atoms with Crippen LogP contribution in [0.1, 0.15) is 36.5 Å². The van der Waals surface area contributed by atoms with Crippen molar-refractivity contribution in [1.29, 1.82) is 0 Å². The molecule has 1 aliphatic carbocycles. The molecule has 0 radical (unpaired) electrons. The SMILES string of the molecule is CC(=O)c1ccc(NC2CC=CCC2)cc1N. The largest absolute Gasteiger partial charge is 0.398 e. The molecule has 0 fully saturated rings. The van der Waals surface area contributed by atoms with Crippen LogP contribution >= 0.6 is 0 Å². The van der Waals surface area contributed by atoms with Crippen LogP contribution in [0.3, 0.4) is 0 Å². The number of nitrogen functional groups attached to an aromatic ring is 1. The summed E-state index contributed by atoms with van der Waals surface area (Å²) in [6.07, 6.45) is 7.73. The Bertz CT molecular complexity index is 452. The van der Waals surface area contributed by atoms with Crippen molar-refractivity contribution in [2.45, 2.75) is 32.2 Å². The summed E-state index contributed by atoms with van der Waals surface area (Å²) in [6, 6.07) is 6.03. The van der Waals surface area contributed by atoms with Gasteiger partial charge in [0.25, 0.3) is 0 Å². The summed E-state index contributed by atoms with van der Waals surface area (Å²) >= 11 is 0. The fourth-order valence-corrected chi connectivity index (χ4v) is 2.13. The average molecular weight is 230 g/mol. The van der Waals surface area contributed by atoms with E-state index in [0.717, 1.165) is 24.9 Å². The second-order valence-corrected chi connectivity index (χ2v) is 4.48. The van der Waals surface area contributed by atoms with Gasteiger partial charge in [-0.15, -0.1) is 0 Å². The Morgan fingerprint density at radius 2 is 2.24 bits per heavy atom. The molecule has 0 heterocycles. The predicted octanol–water partition coefficient (Wildman–Crippen LogP) is 2.99. The van der Waals surface area contributed by atoms with Gasteiger partial charge in [-0.05, 0) is 44.4 Å². The molecule has 3 heteroatoms. The number of carbonyl (C=O) groups is 1. The molecule has 17 heavy (non-hydrogen) atoms. The third kappa shape index (κ3) is 2.87. The summed E-state index contributed by atoms with van der Waals surface area (Å²) in [7, 11) is 0. The van der Waals surface area contributed by atoms with E-state index in [1.807, 2.05) is 12.1 Å². The molecule has 1 aliphatic rings. The number of nitrogens with one attached hydrogen (secondary N) is 1. The summed E-state index contributed by atoms with van der Waals surface area (Å²) < 4.78 is 0. The Morgan fingerprint density at radius 1 is 1.41 bits per heavy atom. The molecule has 0 aromatic heterocycles. The van der Waals surface area contributed by atoms with Gasteiger partial charge in [-0.3, -0.25) is 4.79 Å². The lowest BCUT2D eigenvalue weighted by Crippen LogP contribution is -2.20. The maximum absolute atomic E-state index is 11.3. The van der Waals surface area contributed by atoms with E-state index in [1.165, 1.54) is 6.92 Å². The topological polar surface area (TPSA) is 55.1 Å². The highest BCUT2D eigenvalue weighted by Crippen LogP contribution is 2.22. The second kappa shape index (κ2) is 5.04. The van der Waals surface area contributed by atoms with E-state index < -0.39 is 0 Å². The number of allylic oxidation sites excluding steroid dienone is 1. The van der Waals surface area contributed by atoms with Crippen molar-refractivity contribution in [2.24, 2.45) is 0 Å². The Kier molecular flexibility index (Phi) is 3.47. The van der Waals surface area contributed by atoms with Crippen LogP contribution in [-0.4, -0.2) is 11.8 Å². The number of benzene rings is 1. The molecule has 0 saturated heterocycles. The van der Waals surface area contributed by atoms with Crippen molar-refractivity contribution in [1.82, 2.24) is 0 Å². The highest BCUT2D eigenvalue weighted by Gasteiger charge is 2.10. The van der Waals surface area contributed by atoms with Crippen molar-refractivity contribution in [2.75, 3.05) is 11.1 Å². The van der Waals surface area contributed by atoms with Gasteiger partial charge >= 0.3 is 0 Å². The van der Waals surface area contributed by atoms with Crippen LogP contribution in [0, 0.1) is 0 Å². The number of hydrogen-bond acceptors (Lipinski definition) is 3. The highest BCUT2D eigenvalue weighted by molar-refractivity contribution is 5.99. The lowest BCUT2D eigenvalue weighted by atomic mass is 10.0. The smallest absolute Gasteiger partial charge is 0.161 e. The average Bonchev–Trinajstić information content (AvgIpc) is 2.30. The van der Waals surface area contributed by atoms with Gasteiger partial charge in [0.2, 0.25) is 0 Å². The standard InChI is InChI=1S/C14H18N2O/c1-10(17)13-8-7-12(9-14(13)15)16-11-5-3-2-4-6-11/h2-3,7-9,11,16H,4-6,15H2,1H3. The molecule has 0 saturated carbocycles. The van der Waals surface area contributed by atoms with Crippen LogP contribution in [-0.2, 0) is 0 Å². The van der Waals surface area contributed by atoms with E-state index >= 15 is 0 Å². The van der Waals surface area contributed by atoms with Crippen molar-refractivity contribution in [3.8, 4) is 0 Å². The molecule has 90 valence electrons. The van der Waals surface area contributed by atoms with Gasteiger partial charge in [-0.25, -0.2) is 0 Å². The molecule has 1 aromatic carbocycles. The molecule has 2 rings (SSSR count). The van der Waals surface area contributed by atoms with Crippen molar-refractivity contribution in [3.63, 3.8) is 0 Å². The second-order valence-electron chi connectivity index (χ2n) is 4.48. The molecular formula is C14H18N2O. The Hall–Kier alpha value is -1.77. The molecule has 1 atom stereocenters. The number of nitrogens with two attached hydrogens (primary N) is 1. The first-order valence-electron chi connectivity index (χ1n) is 5.99. The zero-order valence-electron chi connectivity index (χ0n) is 10.1. The monoisotopic (exact) mass is 230 g/mol. The third-order valence-corrected chi connectivity index (χ3v) is 3.07. The third-order valence-electron chi connectivity index (χ3n) is 3.07. The van der Waals surface area contributed by atoms with Crippen molar-refractivity contribution in [3.05, 3.63) is 35.9 Å². The zero-order chi connectivity index (χ0) is 12.3. The van der Waals surface area contributed by atoms with Crippen LogP contribution in [0.5, 0.6) is 0 Å². The van der Waals surface area contributed by atoms with Crippen LogP contribution in [0.25, 0.3) is 0 Å². The van der Waals surface area contributed by atoms with E-state index in [-0.39, 0.29) is 5.78 Å². The zero-order valence-corrected chi connectivity index (χ0v) is 10.1. The summed E-state index contributed by atoms with van der Waals surface area (Å²) in [5, 5.41) is 3.45. The van der Waals surface area contributed by atoms with E-state index in [2.05, 4.69) is 17.5 Å². The molecule has 0 aliphatic heterocycles. The van der Waals surface area contributed by atoms with Gasteiger partial charge < -0.3 is 11.1 Å². The quantitative estimate of drug-likeness (QED) is 0.477.